The van der Waals surface area contributed by atoms with E-state index in [0.29, 0.717) is 19.4 Å². The van der Waals surface area contributed by atoms with E-state index < -0.39 is 11.4 Å². The Kier molecular flexibility index (Phi) is 2.74. The minimum atomic E-state index is -0.702. The molecule has 0 saturated carbocycles. The zero-order valence-electron chi connectivity index (χ0n) is 10.2. The number of fused-ring (bicyclic) bond motifs is 1. The van der Waals surface area contributed by atoms with Crippen LogP contribution >= 0.6 is 0 Å². The molecule has 1 fully saturated rings. The number of hydrogen-bond donors (Lipinski definition) is 2. The number of nitrogens with one attached hydrogen (secondary N) is 1. The minimum Gasteiger partial charge on any atom is -0.490 e. The monoisotopic (exact) mass is 247 g/mol. The highest BCUT2D eigenvalue weighted by Gasteiger charge is 2.44. The van der Waals surface area contributed by atoms with Crippen molar-refractivity contribution in [2.24, 2.45) is 5.41 Å². The molecule has 0 bridgehead atoms. The van der Waals surface area contributed by atoms with Crippen molar-refractivity contribution in [2.45, 2.75) is 25.4 Å². The molecule has 1 aromatic rings. The van der Waals surface area contributed by atoms with E-state index in [1.54, 1.807) is 0 Å². The van der Waals surface area contributed by atoms with Crippen LogP contribution in [0.2, 0.25) is 0 Å². The lowest BCUT2D eigenvalue weighted by atomic mass is 9.81. The second kappa shape index (κ2) is 4.28. The van der Waals surface area contributed by atoms with E-state index >= 15 is 0 Å². The maximum atomic E-state index is 11.5. The molecule has 2 N–H and O–H groups in total. The van der Waals surface area contributed by atoms with Crippen molar-refractivity contribution < 1.29 is 14.6 Å². The van der Waals surface area contributed by atoms with E-state index in [2.05, 4.69) is 11.4 Å². The van der Waals surface area contributed by atoms with Gasteiger partial charge in [0.2, 0.25) is 0 Å². The number of ether oxygens (including phenoxy) is 1. The van der Waals surface area contributed by atoms with Gasteiger partial charge in [0.15, 0.2) is 0 Å². The smallest absolute Gasteiger partial charge is 0.311 e. The molecule has 2 heterocycles. The maximum Gasteiger partial charge on any atom is 0.311 e. The van der Waals surface area contributed by atoms with Gasteiger partial charge in [0.05, 0.1) is 5.41 Å². The van der Waals surface area contributed by atoms with E-state index in [1.807, 2.05) is 18.2 Å². The van der Waals surface area contributed by atoms with Crippen LogP contribution in [0.5, 0.6) is 5.75 Å². The van der Waals surface area contributed by atoms with Gasteiger partial charge in [0.25, 0.3) is 0 Å². The van der Waals surface area contributed by atoms with Gasteiger partial charge < -0.3 is 15.2 Å². The molecule has 1 aromatic carbocycles. The molecular weight excluding hydrogens is 230 g/mol. The van der Waals surface area contributed by atoms with Crippen molar-refractivity contribution in [1.82, 2.24) is 5.32 Å². The summed E-state index contributed by atoms with van der Waals surface area (Å²) in [6, 6.07) is 7.95. The maximum absolute atomic E-state index is 11.5. The van der Waals surface area contributed by atoms with Crippen LogP contribution < -0.4 is 10.1 Å². The number of rotatable bonds is 3. The zero-order chi connectivity index (χ0) is 12.6. The Bertz CT molecular complexity index is 441. The summed E-state index contributed by atoms with van der Waals surface area (Å²) in [7, 11) is 0. The van der Waals surface area contributed by atoms with Crippen molar-refractivity contribution >= 4 is 5.97 Å². The van der Waals surface area contributed by atoms with Gasteiger partial charge in [0.1, 0.15) is 11.9 Å². The van der Waals surface area contributed by atoms with Crippen LogP contribution in [-0.2, 0) is 11.2 Å². The molecule has 0 radical (unpaired) electrons. The van der Waals surface area contributed by atoms with Gasteiger partial charge >= 0.3 is 5.97 Å². The number of carbonyl (C=O) groups is 1. The number of aliphatic carboxylic acids is 1. The molecule has 2 unspecified atom stereocenters. The molecule has 2 aliphatic heterocycles. The fourth-order valence-corrected chi connectivity index (χ4v) is 2.99. The quantitative estimate of drug-likeness (QED) is 0.848. The number of carboxylic acids is 1. The van der Waals surface area contributed by atoms with Crippen LogP contribution in [0.15, 0.2) is 24.3 Å². The second-order valence-electron chi connectivity index (χ2n) is 5.27. The van der Waals surface area contributed by atoms with Crippen LogP contribution in [-0.4, -0.2) is 30.3 Å². The molecule has 0 amide bonds. The van der Waals surface area contributed by atoms with E-state index in [-0.39, 0.29) is 6.10 Å². The zero-order valence-corrected chi connectivity index (χ0v) is 10.2. The summed E-state index contributed by atoms with van der Waals surface area (Å²) in [5.41, 5.74) is 0.543. The van der Waals surface area contributed by atoms with Gasteiger partial charge in [-0.1, -0.05) is 18.2 Å². The molecule has 0 aliphatic carbocycles. The molecule has 18 heavy (non-hydrogen) atoms. The number of benzene rings is 1. The Morgan fingerprint density at radius 1 is 1.50 bits per heavy atom. The predicted octanol–water partition coefficient (Wildman–Crippen LogP) is 1.44. The molecule has 0 spiro atoms. The first-order valence-corrected chi connectivity index (χ1v) is 6.38. The summed E-state index contributed by atoms with van der Waals surface area (Å²) in [5, 5.41) is 12.6. The molecule has 2 aliphatic rings. The van der Waals surface area contributed by atoms with E-state index in [9.17, 15) is 9.90 Å². The normalized spacial score (nSPS) is 29.9. The Hall–Kier alpha value is -1.55. The van der Waals surface area contributed by atoms with Gasteiger partial charge in [-0.25, -0.2) is 0 Å². The number of para-hydroxylation sites is 1. The van der Waals surface area contributed by atoms with Crippen molar-refractivity contribution in [1.29, 1.82) is 0 Å². The fraction of sp³-hybridized carbons (Fsp3) is 0.500. The molecule has 0 aromatic heterocycles. The van der Waals surface area contributed by atoms with Crippen LogP contribution in [0.1, 0.15) is 18.4 Å². The summed E-state index contributed by atoms with van der Waals surface area (Å²) in [6.07, 6.45) is 2.10. The largest absolute Gasteiger partial charge is 0.490 e. The van der Waals surface area contributed by atoms with Gasteiger partial charge in [-0.05, 0) is 24.6 Å². The highest BCUT2D eigenvalue weighted by Crippen LogP contribution is 2.37. The van der Waals surface area contributed by atoms with Gasteiger partial charge in [-0.3, -0.25) is 4.79 Å². The molecule has 96 valence electrons. The van der Waals surface area contributed by atoms with Crippen molar-refractivity contribution in [3.63, 3.8) is 0 Å². The van der Waals surface area contributed by atoms with Crippen LogP contribution in [0.4, 0.5) is 0 Å². The average molecular weight is 247 g/mol. The first-order valence-electron chi connectivity index (χ1n) is 6.38. The summed E-state index contributed by atoms with van der Waals surface area (Å²) in [6.45, 7) is 1.34. The molecule has 2 atom stereocenters. The van der Waals surface area contributed by atoms with Crippen molar-refractivity contribution in [2.75, 3.05) is 13.1 Å². The highest BCUT2D eigenvalue weighted by atomic mass is 16.5. The first kappa shape index (κ1) is 11.5. The molecule has 4 heteroatoms. The van der Waals surface area contributed by atoms with Crippen LogP contribution in [0.3, 0.4) is 0 Å². The Balaban J connectivity index is 1.73. The van der Waals surface area contributed by atoms with E-state index in [0.717, 1.165) is 18.7 Å². The summed E-state index contributed by atoms with van der Waals surface area (Å²) < 4.78 is 5.85. The third kappa shape index (κ3) is 1.86. The lowest BCUT2D eigenvalue weighted by Gasteiger charge is -2.26. The Labute approximate surface area is 106 Å². The van der Waals surface area contributed by atoms with Gasteiger partial charge in [-0.2, -0.15) is 0 Å². The molecule has 3 rings (SSSR count). The average Bonchev–Trinajstić information content (AvgIpc) is 2.95. The SMILES string of the molecule is O=C(O)C1(CC2Cc3ccccc3O2)CCNC1. The predicted molar refractivity (Wildman–Crippen MR) is 66.7 cm³/mol. The van der Waals surface area contributed by atoms with Crippen LogP contribution in [0, 0.1) is 5.41 Å². The van der Waals surface area contributed by atoms with E-state index in [4.69, 9.17) is 4.74 Å². The minimum absolute atomic E-state index is 0.00148. The Morgan fingerprint density at radius 3 is 3.00 bits per heavy atom. The highest BCUT2D eigenvalue weighted by molar-refractivity contribution is 5.75. The standard InChI is InChI=1S/C14H17NO3/c16-13(17)14(5-6-15-9-14)8-11-7-10-3-1-2-4-12(10)18-11/h1-4,11,15H,5-9H2,(H,16,17). The van der Waals surface area contributed by atoms with Crippen molar-refractivity contribution in [3.05, 3.63) is 29.8 Å². The molecular formula is C14H17NO3. The Morgan fingerprint density at radius 2 is 2.33 bits per heavy atom. The summed E-state index contributed by atoms with van der Waals surface area (Å²) >= 11 is 0. The molecule has 1 saturated heterocycles. The van der Waals surface area contributed by atoms with Crippen molar-refractivity contribution in [3.8, 4) is 5.75 Å². The lowest BCUT2D eigenvalue weighted by Crippen LogP contribution is -2.38. The summed E-state index contributed by atoms with van der Waals surface area (Å²) in [4.78, 5) is 11.5. The van der Waals surface area contributed by atoms with Crippen LogP contribution in [0.25, 0.3) is 0 Å². The second-order valence-corrected chi connectivity index (χ2v) is 5.27. The third-order valence-corrected chi connectivity index (χ3v) is 4.03. The first-order chi connectivity index (χ1) is 8.70. The fourth-order valence-electron chi connectivity index (χ4n) is 2.99. The number of carboxylic acid groups (broad SMARTS) is 1. The lowest BCUT2D eigenvalue weighted by molar-refractivity contribution is -0.149. The topological polar surface area (TPSA) is 58.6 Å². The molecule has 4 nitrogen and oxygen atoms in total. The third-order valence-electron chi connectivity index (χ3n) is 4.03. The van der Waals surface area contributed by atoms with E-state index in [1.165, 1.54) is 5.56 Å². The van der Waals surface area contributed by atoms with Gasteiger partial charge in [-0.15, -0.1) is 0 Å². The van der Waals surface area contributed by atoms with Gasteiger partial charge in [0, 0.05) is 19.4 Å². The summed E-state index contributed by atoms with van der Waals surface area (Å²) in [5.74, 6) is 0.209. The number of hydrogen-bond acceptors (Lipinski definition) is 3.